The zero-order valence-electron chi connectivity index (χ0n) is 11.5. The lowest BCUT2D eigenvalue weighted by Gasteiger charge is -2.35. The molecule has 1 saturated heterocycles. The van der Waals surface area contributed by atoms with E-state index in [-0.39, 0.29) is 0 Å². The second-order valence-corrected chi connectivity index (χ2v) is 5.63. The number of nitrogens with zero attached hydrogens (tertiary/aromatic N) is 1. The monoisotopic (exact) mass is 240 g/mol. The maximum absolute atomic E-state index is 5.89. The summed E-state index contributed by atoms with van der Waals surface area (Å²) >= 11 is 0. The van der Waals surface area contributed by atoms with Gasteiger partial charge in [-0.25, -0.2) is 0 Å². The largest absolute Gasteiger partial charge is 0.377 e. The molecule has 3 heteroatoms. The van der Waals surface area contributed by atoms with Gasteiger partial charge in [-0.1, -0.05) is 6.92 Å². The molecule has 1 saturated carbocycles. The molecule has 2 rings (SSSR count). The number of likely N-dealkylation sites (N-methyl/N-ethyl adjacent to an activating group) is 1. The molecule has 1 aliphatic heterocycles. The van der Waals surface area contributed by atoms with Crippen LogP contribution in [0.15, 0.2) is 0 Å². The van der Waals surface area contributed by atoms with Crippen LogP contribution < -0.4 is 5.32 Å². The van der Waals surface area contributed by atoms with Crippen LogP contribution in [0.5, 0.6) is 0 Å². The Morgan fingerprint density at radius 1 is 1.35 bits per heavy atom. The minimum atomic E-state index is 0.486. The molecule has 3 nitrogen and oxygen atoms in total. The standard InChI is InChI=1S/C14H28N2O/c1-3-9-17-13-5-4-8-16(10-13)11-14(15-2)12-6-7-12/h12-15H,3-11H2,1-2H3. The van der Waals surface area contributed by atoms with E-state index in [9.17, 15) is 0 Å². The fourth-order valence-electron chi connectivity index (χ4n) is 2.85. The number of hydrogen-bond donors (Lipinski definition) is 1. The first-order chi connectivity index (χ1) is 8.33. The van der Waals surface area contributed by atoms with Crippen LogP contribution in [-0.4, -0.2) is 50.3 Å². The van der Waals surface area contributed by atoms with E-state index in [1.807, 2.05) is 0 Å². The number of nitrogens with one attached hydrogen (secondary N) is 1. The van der Waals surface area contributed by atoms with E-state index in [0.717, 1.165) is 25.5 Å². The van der Waals surface area contributed by atoms with Crippen molar-refractivity contribution < 1.29 is 4.74 Å². The molecule has 17 heavy (non-hydrogen) atoms. The van der Waals surface area contributed by atoms with Crippen molar-refractivity contribution >= 4 is 0 Å². The van der Waals surface area contributed by atoms with E-state index < -0.39 is 0 Å². The average Bonchev–Trinajstić information content (AvgIpc) is 3.18. The van der Waals surface area contributed by atoms with Crippen LogP contribution in [0.2, 0.25) is 0 Å². The molecular formula is C14H28N2O. The Bertz CT molecular complexity index is 218. The molecule has 2 atom stereocenters. The Kier molecular flexibility index (Phi) is 5.26. The Morgan fingerprint density at radius 2 is 2.18 bits per heavy atom. The molecule has 1 N–H and O–H groups in total. The minimum Gasteiger partial charge on any atom is -0.377 e. The Balaban J connectivity index is 1.72. The highest BCUT2D eigenvalue weighted by Crippen LogP contribution is 2.33. The molecule has 2 unspecified atom stereocenters. The highest BCUT2D eigenvalue weighted by molar-refractivity contribution is 4.88. The fraction of sp³-hybridized carbons (Fsp3) is 1.00. The van der Waals surface area contributed by atoms with Gasteiger partial charge in [-0.05, 0) is 51.6 Å². The van der Waals surface area contributed by atoms with Crippen molar-refractivity contribution in [1.82, 2.24) is 10.2 Å². The summed E-state index contributed by atoms with van der Waals surface area (Å²) in [5.41, 5.74) is 0. The smallest absolute Gasteiger partial charge is 0.0702 e. The fourth-order valence-corrected chi connectivity index (χ4v) is 2.85. The van der Waals surface area contributed by atoms with E-state index in [1.54, 1.807) is 0 Å². The number of rotatable bonds is 7. The van der Waals surface area contributed by atoms with Crippen molar-refractivity contribution in [3.63, 3.8) is 0 Å². The summed E-state index contributed by atoms with van der Waals surface area (Å²) in [5.74, 6) is 0.942. The molecule has 0 spiro atoms. The number of piperidine rings is 1. The van der Waals surface area contributed by atoms with Crippen molar-refractivity contribution in [2.75, 3.05) is 33.3 Å². The highest BCUT2D eigenvalue weighted by Gasteiger charge is 2.32. The van der Waals surface area contributed by atoms with Crippen LogP contribution in [0.4, 0.5) is 0 Å². The third-order valence-electron chi connectivity index (χ3n) is 4.04. The van der Waals surface area contributed by atoms with Gasteiger partial charge in [0, 0.05) is 25.7 Å². The van der Waals surface area contributed by atoms with Gasteiger partial charge in [0.15, 0.2) is 0 Å². The van der Waals surface area contributed by atoms with E-state index in [1.165, 1.54) is 38.8 Å². The highest BCUT2D eigenvalue weighted by atomic mass is 16.5. The predicted octanol–water partition coefficient (Wildman–Crippen LogP) is 1.88. The van der Waals surface area contributed by atoms with Crippen LogP contribution in [0.25, 0.3) is 0 Å². The Morgan fingerprint density at radius 3 is 2.82 bits per heavy atom. The van der Waals surface area contributed by atoms with Crippen molar-refractivity contribution in [2.24, 2.45) is 5.92 Å². The molecule has 0 bridgehead atoms. The van der Waals surface area contributed by atoms with E-state index >= 15 is 0 Å². The number of likely N-dealkylation sites (tertiary alicyclic amines) is 1. The lowest BCUT2D eigenvalue weighted by atomic mass is 10.1. The molecule has 2 fully saturated rings. The lowest BCUT2D eigenvalue weighted by Crippen LogP contribution is -2.47. The van der Waals surface area contributed by atoms with Crippen LogP contribution >= 0.6 is 0 Å². The molecule has 0 aromatic carbocycles. The van der Waals surface area contributed by atoms with Crippen LogP contribution in [0.3, 0.4) is 0 Å². The van der Waals surface area contributed by atoms with Gasteiger partial charge in [-0.3, -0.25) is 4.90 Å². The normalized spacial score (nSPS) is 28.2. The van der Waals surface area contributed by atoms with Gasteiger partial charge in [0.1, 0.15) is 0 Å². The van der Waals surface area contributed by atoms with Gasteiger partial charge >= 0.3 is 0 Å². The average molecular weight is 240 g/mol. The molecule has 0 aromatic rings. The molecule has 2 aliphatic rings. The molecule has 0 radical (unpaired) electrons. The molecule has 0 aromatic heterocycles. The van der Waals surface area contributed by atoms with Gasteiger partial charge in [0.25, 0.3) is 0 Å². The molecule has 1 heterocycles. The van der Waals surface area contributed by atoms with Crippen molar-refractivity contribution in [2.45, 2.75) is 51.2 Å². The quantitative estimate of drug-likeness (QED) is 0.735. The van der Waals surface area contributed by atoms with Crippen LogP contribution in [0.1, 0.15) is 39.0 Å². The predicted molar refractivity (Wildman–Crippen MR) is 71.3 cm³/mol. The summed E-state index contributed by atoms with van der Waals surface area (Å²) in [6.07, 6.45) is 7.03. The molecule has 0 amide bonds. The second kappa shape index (κ2) is 6.72. The summed E-state index contributed by atoms with van der Waals surface area (Å²) in [5, 5.41) is 3.49. The maximum Gasteiger partial charge on any atom is 0.0702 e. The number of ether oxygens (including phenoxy) is 1. The molecule has 1 aliphatic carbocycles. The third kappa shape index (κ3) is 4.23. The van der Waals surface area contributed by atoms with E-state index in [2.05, 4.69) is 24.2 Å². The summed E-state index contributed by atoms with van der Waals surface area (Å²) in [6.45, 7) is 6.73. The molecule has 100 valence electrons. The van der Waals surface area contributed by atoms with Gasteiger partial charge in [-0.15, -0.1) is 0 Å². The zero-order chi connectivity index (χ0) is 12.1. The van der Waals surface area contributed by atoms with Crippen LogP contribution in [0, 0.1) is 5.92 Å². The number of hydrogen-bond acceptors (Lipinski definition) is 3. The van der Waals surface area contributed by atoms with Crippen molar-refractivity contribution in [3.8, 4) is 0 Å². The Labute approximate surface area is 106 Å². The summed E-state index contributed by atoms with van der Waals surface area (Å²) < 4.78 is 5.89. The van der Waals surface area contributed by atoms with Gasteiger partial charge < -0.3 is 10.1 Å². The van der Waals surface area contributed by atoms with Gasteiger partial charge in [-0.2, -0.15) is 0 Å². The summed E-state index contributed by atoms with van der Waals surface area (Å²) in [4.78, 5) is 2.60. The Hall–Kier alpha value is -0.120. The SMILES string of the molecule is CCCOC1CCCN(CC(NC)C2CC2)C1. The lowest BCUT2D eigenvalue weighted by molar-refractivity contribution is -0.00262. The van der Waals surface area contributed by atoms with Crippen molar-refractivity contribution in [3.05, 3.63) is 0 Å². The minimum absolute atomic E-state index is 0.486. The molecular weight excluding hydrogens is 212 g/mol. The van der Waals surface area contributed by atoms with E-state index in [4.69, 9.17) is 4.74 Å². The third-order valence-corrected chi connectivity index (χ3v) is 4.04. The van der Waals surface area contributed by atoms with E-state index in [0.29, 0.717) is 12.1 Å². The van der Waals surface area contributed by atoms with Gasteiger partial charge in [0.2, 0.25) is 0 Å². The van der Waals surface area contributed by atoms with Gasteiger partial charge in [0.05, 0.1) is 6.10 Å². The maximum atomic E-state index is 5.89. The van der Waals surface area contributed by atoms with Crippen LogP contribution in [-0.2, 0) is 4.74 Å². The zero-order valence-corrected chi connectivity index (χ0v) is 11.5. The first kappa shape index (κ1) is 13.3. The van der Waals surface area contributed by atoms with Crippen molar-refractivity contribution in [1.29, 1.82) is 0 Å². The second-order valence-electron chi connectivity index (χ2n) is 5.63. The summed E-state index contributed by atoms with van der Waals surface area (Å²) in [6, 6.07) is 0.708. The summed E-state index contributed by atoms with van der Waals surface area (Å²) in [7, 11) is 2.11. The first-order valence-corrected chi connectivity index (χ1v) is 7.34. The topological polar surface area (TPSA) is 24.5 Å². The first-order valence-electron chi connectivity index (χ1n) is 7.34.